The van der Waals surface area contributed by atoms with E-state index in [9.17, 15) is 0 Å². The van der Waals surface area contributed by atoms with Gasteiger partial charge in [0.25, 0.3) is 0 Å². The van der Waals surface area contributed by atoms with Gasteiger partial charge in [0.2, 0.25) is 0 Å². The smallest absolute Gasteiger partial charge is 0.400 e. The molecule has 0 aliphatic carbocycles. The molecule has 0 bridgehead atoms. The van der Waals surface area contributed by atoms with Crippen molar-refractivity contribution in [3.8, 4) is 0 Å². The maximum absolute atomic E-state index is 5.97. The van der Waals surface area contributed by atoms with Crippen LogP contribution in [0.3, 0.4) is 0 Å². The molecule has 2 aliphatic heterocycles. The topological polar surface area (TPSA) is 43.4 Å². The van der Waals surface area contributed by atoms with Crippen LogP contribution >= 0.6 is 0 Å². The van der Waals surface area contributed by atoms with Gasteiger partial charge in [0.1, 0.15) is 0 Å². The van der Waals surface area contributed by atoms with Gasteiger partial charge in [0.15, 0.2) is 0 Å². The van der Waals surface area contributed by atoms with Crippen molar-refractivity contribution in [2.24, 2.45) is 0 Å². The third-order valence-corrected chi connectivity index (χ3v) is 4.75. The quantitative estimate of drug-likeness (QED) is 0.868. The Morgan fingerprint density at radius 1 is 1.29 bits per heavy atom. The summed E-state index contributed by atoms with van der Waals surface area (Å²) in [6.07, 6.45) is 5.01. The van der Waals surface area contributed by atoms with Gasteiger partial charge in [-0.05, 0) is 58.4 Å². The number of hydrogen-bond donors (Lipinski definition) is 1. The summed E-state index contributed by atoms with van der Waals surface area (Å²) < 4.78 is 11.9. The van der Waals surface area contributed by atoms with Crippen molar-refractivity contribution in [2.45, 2.75) is 51.4 Å². The van der Waals surface area contributed by atoms with Crippen LogP contribution in [0.15, 0.2) is 24.3 Å². The van der Waals surface area contributed by atoms with Gasteiger partial charge in [-0.3, -0.25) is 4.98 Å². The molecule has 4 nitrogen and oxygen atoms in total. The van der Waals surface area contributed by atoms with E-state index in [-0.39, 0.29) is 18.3 Å². The molecule has 2 aliphatic rings. The van der Waals surface area contributed by atoms with Crippen LogP contribution < -0.4 is 5.32 Å². The first-order chi connectivity index (χ1) is 9.89. The zero-order valence-electron chi connectivity index (χ0n) is 13.2. The molecular formula is C16H23BN2O2. The average molecular weight is 286 g/mol. The summed E-state index contributed by atoms with van der Waals surface area (Å²) in [4.78, 5) is 4.48. The summed E-state index contributed by atoms with van der Waals surface area (Å²) in [5, 5.41) is 3.42. The zero-order chi connectivity index (χ0) is 15.1. The first-order valence-corrected chi connectivity index (χ1v) is 7.61. The van der Waals surface area contributed by atoms with Crippen molar-refractivity contribution in [3.63, 3.8) is 0 Å². The SMILES string of the molecule is CC1(C)OB(/C=C/c2ncccc2[C@H]2CCN2)OC1(C)C. The number of nitrogens with zero attached hydrogens (tertiary/aromatic N) is 1. The molecule has 0 spiro atoms. The third-order valence-electron chi connectivity index (χ3n) is 4.75. The second kappa shape index (κ2) is 5.23. The van der Waals surface area contributed by atoms with Gasteiger partial charge in [-0.15, -0.1) is 0 Å². The van der Waals surface area contributed by atoms with Gasteiger partial charge >= 0.3 is 7.12 Å². The molecule has 1 aromatic rings. The highest BCUT2D eigenvalue weighted by Crippen LogP contribution is 2.37. The highest BCUT2D eigenvalue weighted by Gasteiger charge is 2.50. The van der Waals surface area contributed by atoms with E-state index in [1.807, 2.05) is 24.3 Å². The zero-order valence-corrected chi connectivity index (χ0v) is 13.2. The first kappa shape index (κ1) is 14.8. The normalized spacial score (nSPS) is 27.0. The molecule has 0 aromatic carbocycles. The molecular weight excluding hydrogens is 263 g/mol. The second-order valence-electron chi connectivity index (χ2n) is 6.76. The summed E-state index contributed by atoms with van der Waals surface area (Å²) in [6.45, 7) is 9.33. The van der Waals surface area contributed by atoms with E-state index in [1.165, 1.54) is 12.0 Å². The van der Waals surface area contributed by atoms with Crippen LogP contribution in [0.1, 0.15) is 51.4 Å². The summed E-state index contributed by atoms with van der Waals surface area (Å²) in [5.74, 6) is 1.96. The van der Waals surface area contributed by atoms with Crippen LogP contribution in [0.4, 0.5) is 0 Å². The molecule has 0 radical (unpaired) electrons. The maximum atomic E-state index is 5.97. The molecule has 5 heteroatoms. The summed E-state index contributed by atoms with van der Waals surface area (Å²) >= 11 is 0. The number of hydrogen-bond acceptors (Lipinski definition) is 4. The minimum absolute atomic E-state index is 0.301. The Kier molecular flexibility index (Phi) is 3.68. The highest BCUT2D eigenvalue weighted by molar-refractivity contribution is 6.52. The van der Waals surface area contributed by atoms with E-state index in [2.05, 4.69) is 44.1 Å². The lowest BCUT2D eigenvalue weighted by Crippen LogP contribution is -2.41. The van der Waals surface area contributed by atoms with Crippen molar-refractivity contribution in [1.82, 2.24) is 10.3 Å². The lowest BCUT2D eigenvalue weighted by atomic mass is 9.88. The van der Waals surface area contributed by atoms with Crippen LogP contribution in [0.5, 0.6) is 0 Å². The molecule has 1 N–H and O–H groups in total. The van der Waals surface area contributed by atoms with Gasteiger partial charge in [-0.1, -0.05) is 12.0 Å². The Bertz CT molecular complexity index is 537. The molecule has 3 heterocycles. The number of pyridine rings is 1. The van der Waals surface area contributed by atoms with Gasteiger partial charge in [-0.25, -0.2) is 0 Å². The lowest BCUT2D eigenvalue weighted by Gasteiger charge is -2.32. The van der Waals surface area contributed by atoms with Crippen LogP contribution in [-0.4, -0.2) is 29.8 Å². The molecule has 2 fully saturated rings. The minimum Gasteiger partial charge on any atom is -0.400 e. The van der Waals surface area contributed by atoms with E-state index in [0.29, 0.717) is 6.04 Å². The van der Waals surface area contributed by atoms with Crippen LogP contribution in [0, 0.1) is 0 Å². The van der Waals surface area contributed by atoms with Gasteiger partial charge in [0, 0.05) is 12.2 Å². The van der Waals surface area contributed by atoms with Gasteiger partial charge in [0.05, 0.1) is 16.9 Å². The van der Waals surface area contributed by atoms with E-state index in [0.717, 1.165) is 12.2 Å². The number of rotatable bonds is 3. The van der Waals surface area contributed by atoms with Crippen molar-refractivity contribution in [1.29, 1.82) is 0 Å². The molecule has 0 saturated carbocycles. The molecule has 0 amide bonds. The van der Waals surface area contributed by atoms with Crippen molar-refractivity contribution >= 4 is 13.2 Å². The lowest BCUT2D eigenvalue weighted by molar-refractivity contribution is 0.00578. The Hall–Kier alpha value is -1.17. The molecule has 3 rings (SSSR count). The predicted octanol–water partition coefficient (Wildman–Crippen LogP) is 2.76. The number of nitrogens with one attached hydrogen (secondary N) is 1. The molecule has 21 heavy (non-hydrogen) atoms. The van der Waals surface area contributed by atoms with E-state index in [4.69, 9.17) is 9.31 Å². The van der Waals surface area contributed by atoms with E-state index >= 15 is 0 Å². The minimum atomic E-state index is -0.320. The average Bonchev–Trinajstić information content (AvgIpc) is 2.55. The standard InChI is InChI=1S/C16H23BN2O2/c1-15(2)16(3,4)21-17(20-15)9-7-13-12(6-5-10-18-13)14-8-11-19-14/h5-7,9-10,14,19H,8,11H2,1-4H3/b9-7+/t14-/m1/s1. The molecule has 2 saturated heterocycles. The van der Waals surface area contributed by atoms with Gasteiger partial charge < -0.3 is 14.6 Å². The Morgan fingerprint density at radius 2 is 1.95 bits per heavy atom. The molecule has 1 aromatic heterocycles. The van der Waals surface area contributed by atoms with Crippen molar-refractivity contribution < 1.29 is 9.31 Å². The Morgan fingerprint density at radius 3 is 2.52 bits per heavy atom. The van der Waals surface area contributed by atoms with Crippen molar-refractivity contribution in [3.05, 3.63) is 35.6 Å². The fourth-order valence-corrected chi connectivity index (χ4v) is 2.55. The van der Waals surface area contributed by atoms with E-state index < -0.39 is 0 Å². The monoisotopic (exact) mass is 286 g/mol. The molecule has 1 atom stereocenters. The second-order valence-corrected chi connectivity index (χ2v) is 6.76. The first-order valence-electron chi connectivity index (χ1n) is 7.61. The summed E-state index contributed by atoms with van der Waals surface area (Å²) in [5.41, 5.74) is 1.63. The van der Waals surface area contributed by atoms with Crippen LogP contribution in [0.2, 0.25) is 0 Å². The van der Waals surface area contributed by atoms with Crippen LogP contribution in [0.25, 0.3) is 6.08 Å². The summed E-state index contributed by atoms with van der Waals surface area (Å²) in [7, 11) is -0.320. The predicted molar refractivity (Wildman–Crippen MR) is 84.7 cm³/mol. The molecule has 112 valence electrons. The fourth-order valence-electron chi connectivity index (χ4n) is 2.55. The van der Waals surface area contributed by atoms with E-state index in [1.54, 1.807) is 0 Å². The Labute approximate surface area is 127 Å². The largest absolute Gasteiger partial charge is 0.487 e. The highest BCUT2D eigenvalue weighted by atomic mass is 16.7. The van der Waals surface area contributed by atoms with Crippen molar-refractivity contribution in [2.75, 3.05) is 6.54 Å². The maximum Gasteiger partial charge on any atom is 0.487 e. The molecule has 0 unspecified atom stereocenters. The fraction of sp³-hybridized carbons (Fsp3) is 0.562. The summed E-state index contributed by atoms with van der Waals surface area (Å²) in [6, 6.07) is 4.55. The van der Waals surface area contributed by atoms with Crippen LogP contribution in [-0.2, 0) is 9.31 Å². The number of aromatic nitrogens is 1. The van der Waals surface area contributed by atoms with Gasteiger partial charge in [-0.2, -0.15) is 0 Å². The third kappa shape index (κ3) is 2.78. The Balaban J connectivity index is 1.76.